The number of halogens is 6. The van der Waals surface area contributed by atoms with Gasteiger partial charge in [0.05, 0.1) is 17.8 Å². The van der Waals surface area contributed by atoms with Crippen LogP contribution < -0.4 is 0 Å². The summed E-state index contributed by atoms with van der Waals surface area (Å²) >= 11 is 0. The van der Waals surface area contributed by atoms with Gasteiger partial charge < -0.3 is 20.4 Å². The molecule has 0 spiro atoms. The molecular weight excluding hydrogens is 574 g/mol. The standard InChI is InChI=1S/C33H48F6O4/c1-21-23(19-24(40)20-26(21)41)11-10-22-9-6-17-30(5)25(22)12-13-27(30)29(4,15-7-14-28(2,3)42)16-8-18-31(43,32(34,35)36)33(37,38)39/h8,10-11,18,24-27,40-43H,1,6-7,9,12-17,19-20H2,2-5H3/b18-8+,22-10+,23-11-/t24?,25?,26-,27?,29+,30-/m0/s1. The fraction of sp³-hybridized carbons (Fsp3) is 0.758. The van der Waals surface area contributed by atoms with Gasteiger partial charge in [-0.05, 0) is 112 Å². The second-order valence-electron chi connectivity index (χ2n) is 14.3. The minimum Gasteiger partial charge on any atom is -0.393 e. The normalized spacial score (nSPS) is 32.9. The Balaban J connectivity index is 1.93. The molecule has 0 radical (unpaired) electrons. The lowest BCUT2D eigenvalue weighted by Crippen LogP contribution is -2.55. The smallest absolute Gasteiger partial charge is 0.393 e. The van der Waals surface area contributed by atoms with Gasteiger partial charge in [0.15, 0.2) is 0 Å². The Kier molecular flexibility index (Phi) is 10.5. The predicted molar refractivity (Wildman–Crippen MR) is 154 cm³/mol. The van der Waals surface area contributed by atoms with Crippen molar-refractivity contribution in [3.05, 3.63) is 47.6 Å². The van der Waals surface area contributed by atoms with Crippen molar-refractivity contribution in [2.45, 2.75) is 134 Å². The Morgan fingerprint density at radius 3 is 2.16 bits per heavy atom. The molecule has 0 bridgehead atoms. The van der Waals surface area contributed by atoms with Crippen molar-refractivity contribution >= 4 is 0 Å². The highest BCUT2D eigenvalue weighted by atomic mass is 19.4. The van der Waals surface area contributed by atoms with E-state index in [1.807, 2.05) is 19.1 Å². The molecule has 3 aliphatic rings. The van der Waals surface area contributed by atoms with E-state index in [1.54, 1.807) is 13.8 Å². The van der Waals surface area contributed by atoms with Gasteiger partial charge in [0.25, 0.3) is 5.60 Å². The highest BCUT2D eigenvalue weighted by Gasteiger charge is 2.69. The first-order valence-electron chi connectivity index (χ1n) is 15.2. The van der Waals surface area contributed by atoms with Crippen LogP contribution in [-0.2, 0) is 0 Å². The Morgan fingerprint density at radius 1 is 0.953 bits per heavy atom. The Bertz CT molecular complexity index is 1080. The monoisotopic (exact) mass is 622 g/mol. The van der Waals surface area contributed by atoms with Gasteiger partial charge in [0.1, 0.15) is 0 Å². The van der Waals surface area contributed by atoms with E-state index in [0.717, 1.165) is 43.8 Å². The zero-order valence-electron chi connectivity index (χ0n) is 25.7. The summed E-state index contributed by atoms with van der Waals surface area (Å²) in [5.41, 5.74) is -4.25. The lowest BCUT2D eigenvalue weighted by Gasteiger charge is -2.49. The first kappa shape index (κ1) is 35.9. The lowest BCUT2D eigenvalue weighted by molar-refractivity contribution is -0.347. The third kappa shape index (κ3) is 7.79. The maximum Gasteiger partial charge on any atom is 0.429 e. The van der Waals surface area contributed by atoms with Crippen LogP contribution in [0.3, 0.4) is 0 Å². The molecule has 10 heteroatoms. The minimum atomic E-state index is -5.92. The molecule has 0 heterocycles. The van der Waals surface area contributed by atoms with E-state index in [1.165, 1.54) is 5.57 Å². The Morgan fingerprint density at radius 2 is 1.58 bits per heavy atom. The molecule has 43 heavy (non-hydrogen) atoms. The second kappa shape index (κ2) is 12.6. The summed E-state index contributed by atoms with van der Waals surface area (Å²) in [6, 6.07) is 0. The van der Waals surface area contributed by atoms with Crippen LogP contribution in [0.4, 0.5) is 26.3 Å². The van der Waals surface area contributed by atoms with Crippen LogP contribution >= 0.6 is 0 Å². The average molecular weight is 623 g/mol. The summed E-state index contributed by atoms with van der Waals surface area (Å²) in [5.74, 6) is 0.139. The molecule has 0 saturated heterocycles. The average Bonchev–Trinajstić information content (AvgIpc) is 3.21. The van der Waals surface area contributed by atoms with E-state index in [0.29, 0.717) is 31.3 Å². The van der Waals surface area contributed by atoms with Gasteiger partial charge in [0, 0.05) is 6.42 Å². The van der Waals surface area contributed by atoms with E-state index in [4.69, 9.17) is 0 Å². The maximum atomic E-state index is 13.4. The van der Waals surface area contributed by atoms with Crippen molar-refractivity contribution < 1.29 is 46.8 Å². The summed E-state index contributed by atoms with van der Waals surface area (Å²) in [5, 5.41) is 40.3. The quantitative estimate of drug-likeness (QED) is 0.156. The summed E-state index contributed by atoms with van der Waals surface area (Å²) < 4.78 is 80.2. The molecule has 3 fully saturated rings. The number of allylic oxidation sites excluding steroid dienone is 4. The van der Waals surface area contributed by atoms with Crippen molar-refractivity contribution in [1.82, 2.24) is 0 Å². The molecule has 0 aromatic rings. The van der Waals surface area contributed by atoms with E-state index >= 15 is 0 Å². The topological polar surface area (TPSA) is 80.9 Å². The maximum absolute atomic E-state index is 13.4. The highest BCUT2D eigenvalue weighted by Crippen LogP contribution is 2.64. The van der Waals surface area contributed by atoms with Gasteiger partial charge >= 0.3 is 12.4 Å². The first-order chi connectivity index (χ1) is 19.5. The van der Waals surface area contributed by atoms with Gasteiger partial charge in [-0.3, -0.25) is 0 Å². The van der Waals surface area contributed by atoms with Crippen molar-refractivity contribution in [3.63, 3.8) is 0 Å². The first-order valence-corrected chi connectivity index (χ1v) is 15.2. The predicted octanol–water partition coefficient (Wildman–Crippen LogP) is 7.88. The molecule has 0 aliphatic heterocycles. The summed E-state index contributed by atoms with van der Waals surface area (Å²) in [6.07, 6.45) is -2.44. The molecule has 6 atom stereocenters. The number of hydrogen-bond donors (Lipinski definition) is 4. The van der Waals surface area contributed by atoms with Crippen LogP contribution in [0, 0.1) is 22.7 Å². The van der Waals surface area contributed by atoms with Crippen molar-refractivity contribution in [2.75, 3.05) is 0 Å². The molecule has 3 rings (SSSR count). The van der Waals surface area contributed by atoms with Crippen LogP contribution in [0.5, 0.6) is 0 Å². The van der Waals surface area contributed by atoms with Crippen LogP contribution in [0.1, 0.15) is 98.3 Å². The van der Waals surface area contributed by atoms with E-state index < -0.39 is 41.2 Å². The number of alkyl halides is 6. The molecular formula is C33H48F6O4. The molecule has 246 valence electrons. The molecule has 4 nitrogen and oxygen atoms in total. The number of hydrogen-bond acceptors (Lipinski definition) is 4. The van der Waals surface area contributed by atoms with E-state index in [9.17, 15) is 46.8 Å². The van der Waals surface area contributed by atoms with Crippen LogP contribution in [-0.4, -0.2) is 56.2 Å². The van der Waals surface area contributed by atoms with Gasteiger partial charge in [-0.25, -0.2) is 0 Å². The summed E-state index contributed by atoms with van der Waals surface area (Å²) in [7, 11) is 0. The van der Waals surface area contributed by atoms with Crippen molar-refractivity contribution in [1.29, 1.82) is 0 Å². The second-order valence-corrected chi connectivity index (χ2v) is 14.3. The Labute approximate surface area is 251 Å². The molecule has 0 aromatic carbocycles. The molecule has 3 unspecified atom stereocenters. The zero-order valence-corrected chi connectivity index (χ0v) is 25.7. The van der Waals surface area contributed by atoms with Crippen molar-refractivity contribution in [2.24, 2.45) is 22.7 Å². The lowest BCUT2D eigenvalue weighted by atomic mass is 9.55. The van der Waals surface area contributed by atoms with Crippen molar-refractivity contribution in [3.8, 4) is 0 Å². The Hall–Kier alpha value is -1.62. The SMILES string of the molecule is C=C1/C(=C\C=C2/CCC[C@@]3(C)C2CCC3[C@@](C)(C/C=C/C(O)(C(F)(F)F)C(F)(F)F)CCCC(C)(C)O)CC(O)C[C@@H]1O. The van der Waals surface area contributed by atoms with Gasteiger partial charge in [0.2, 0.25) is 0 Å². The molecule has 0 aromatic heterocycles. The zero-order chi connectivity index (χ0) is 32.6. The number of aliphatic hydroxyl groups is 4. The number of rotatable bonds is 9. The largest absolute Gasteiger partial charge is 0.429 e. The molecule has 4 N–H and O–H groups in total. The number of aliphatic hydroxyl groups excluding tert-OH is 2. The third-order valence-electron chi connectivity index (χ3n) is 10.4. The molecule has 3 aliphatic carbocycles. The highest BCUT2D eigenvalue weighted by molar-refractivity contribution is 5.38. The molecule has 0 amide bonds. The fourth-order valence-corrected chi connectivity index (χ4v) is 8.04. The van der Waals surface area contributed by atoms with Gasteiger partial charge in [-0.15, -0.1) is 0 Å². The number of fused-ring (bicyclic) bond motifs is 1. The van der Waals surface area contributed by atoms with Crippen LogP contribution in [0.25, 0.3) is 0 Å². The summed E-state index contributed by atoms with van der Waals surface area (Å²) in [6.45, 7) is 11.4. The molecule has 3 saturated carbocycles. The van der Waals surface area contributed by atoms with E-state index in [2.05, 4.69) is 13.5 Å². The van der Waals surface area contributed by atoms with Gasteiger partial charge in [-0.2, -0.15) is 26.3 Å². The van der Waals surface area contributed by atoms with E-state index in [-0.39, 0.29) is 36.2 Å². The minimum absolute atomic E-state index is 0.0223. The van der Waals surface area contributed by atoms with Crippen LogP contribution in [0.2, 0.25) is 0 Å². The van der Waals surface area contributed by atoms with Crippen LogP contribution in [0.15, 0.2) is 47.6 Å². The third-order valence-corrected chi connectivity index (χ3v) is 10.4. The van der Waals surface area contributed by atoms with Gasteiger partial charge in [-0.1, -0.05) is 50.6 Å². The summed E-state index contributed by atoms with van der Waals surface area (Å²) in [4.78, 5) is 0. The fourth-order valence-electron chi connectivity index (χ4n) is 8.04.